The third-order valence-corrected chi connectivity index (χ3v) is 2.88. The topological polar surface area (TPSA) is 39.1 Å². The van der Waals surface area contributed by atoms with Crippen LogP contribution in [0, 0.1) is 0 Å². The highest BCUT2D eigenvalue weighted by molar-refractivity contribution is 9.10. The molecule has 0 fully saturated rings. The molecule has 0 aliphatic heterocycles. The number of benzene rings is 1. The highest BCUT2D eigenvalue weighted by Crippen LogP contribution is 2.26. The van der Waals surface area contributed by atoms with E-state index in [9.17, 15) is 0 Å². The predicted octanol–water partition coefficient (Wildman–Crippen LogP) is 1.99. The molecule has 15 heavy (non-hydrogen) atoms. The fourth-order valence-corrected chi connectivity index (χ4v) is 2.32. The number of aromatic nitrogens is 2. The van der Waals surface area contributed by atoms with Gasteiger partial charge in [0.2, 0.25) is 0 Å². The van der Waals surface area contributed by atoms with E-state index < -0.39 is 0 Å². The second kappa shape index (κ2) is 4.30. The zero-order chi connectivity index (χ0) is 10.8. The zero-order valence-electron chi connectivity index (χ0n) is 8.62. The van der Waals surface area contributed by atoms with Gasteiger partial charge in [-0.3, -0.25) is 4.68 Å². The largest absolute Gasteiger partial charge is 0.305 e. The van der Waals surface area contributed by atoms with Crippen LogP contribution >= 0.6 is 15.9 Å². The summed E-state index contributed by atoms with van der Waals surface area (Å²) < 4.78 is 2.73. The highest BCUT2D eigenvalue weighted by atomic mass is 79.9. The number of fused-ring (bicyclic) bond motifs is 1. The maximum atomic E-state index is 4.85. The van der Waals surface area contributed by atoms with Gasteiger partial charge in [-0.1, -0.05) is 12.1 Å². The number of nitrogens with zero attached hydrogens (tertiary/aromatic N) is 2. The molecule has 0 atom stereocenters. The van der Waals surface area contributed by atoms with Gasteiger partial charge in [-0.25, -0.2) is 0 Å². The Hall–Kier alpha value is -0.910. The van der Waals surface area contributed by atoms with E-state index in [1.165, 1.54) is 0 Å². The number of hydroxylamine groups is 1. The van der Waals surface area contributed by atoms with Gasteiger partial charge in [-0.2, -0.15) is 10.6 Å². The molecule has 0 unspecified atom stereocenters. The van der Waals surface area contributed by atoms with Crippen molar-refractivity contribution in [1.82, 2.24) is 15.3 Å². The van der Waals surface area contributed by atoms with Crippen molar-refractivity contribution in [3.8, 4) is 0 Å². The molecule has 0 saturated carbocycles. The Balaban J connectivity index is 2.54. The van der Waals surface area contributed by atoms with Gasteiger partial charge in [0.05, 0.1) is 12.6 Å². The lowest BCUT2D eigenvalue weighted by Crippen LogP contribution is -2.10. The first-order chi connectivity index (χ1) is 7.24. The molecular weight excluding hydrogens is 258 g/mol. The average molecular weight is 270 g/mol. The molecule has 80 valence electrons. The molecule has 0 spiro atoms. The minimum atomic E-state index is 0.665. The quantitative estimate of drug-likeness (QED) is 0.867. The first-order valence-corrected chi connectivity index (χ1v) is 5.39. The third kappa shape index (κ3) is 1.90. The fourth-order valence-electron chi connectivity index (χ4n) is 1.63. The van der Waals surface area contributed by atoms with Gasteiger partial charge in [0.25, 0.3) is 0 Å². The first-order valence-electron chi connectivity index (χ1n) is 4.60. The van der Waals surface area contributed by atoms with Gasteiger partial charge in [0.1, 0.15) is 4.60 Å². The van der Waals surface area contributed by atoms with Gasteiger partial charge >= 0.3 is 0 Å². The zero-order valence-corrected chi connectivity index (χ0v) is 10.2. The summed E-state index contributed by atoms with van der Waals surface area (Å²) in [5.41, 5.74) is 5.11. The van der Waals surface area contributed by atoms with Gasteiger partial charge in [-0.05, 0) is 27.6 Å². The van der Waals surface area contributed by atoms with Crippen LogP contribution in [-0.4, -0.2) is 16.9 Å². The standard InChI is InChI=1S/C10H12BrN3O/c1-14-8-5-3-4-7(6-12-15-2)9(8)10(11)13-14/h3-5,12H,6H2,1-2H3. The van der Waals surface area contributed by atoms with E-state index in [0.717, 1.165) is 21.1 Å². The van der Waals surface area contributed by atoms with Gasteiger partial charge in [-0.15, -0.1) is 0 Å². The number of nitrogens with one attached hydrogen (secondary N) is 1. The lowest BCUT2D eigenvalue weighted by atomic mass is 10.1. The summed E-state index contributed by atoms with van der Waals surface area (Å²) in [7, 11) is 3.54. The summed E-state index contributed by atoms with van der Waals surface area (Å²) in [6.45, 7) is 0.665. The summed E-state index contributed by atoms with van der Waals surface area (Å²) in [6, 6.07) is 6.12. The van der Waals surface area contributed by atoms with Gasteiger partial charge in [0.15, 0.2) is 0 Å². The second-order valence-corrected chi connectivity index (χ2v) is 4.00. The van der Waals surface area contributed by atoms with Crippen LogP contribution in [-0.2, 0) is 18.4 Å². The van der Waals surface area contributed by atoms with E-state index in [4.69, 9.17) is 4.84 Å². The number of rotatable bonds is 3. The van der Waals surface area contributed by atoms with Crippen molar-refractivity contribution in [1.29, 1.82) is 0 Å². The molecule has 4 nitrogen and oxygen atoms in total. The van der Waals surface area contributed by atoms with Crippen LogP contribution in [0.3, 0.4) is 0 Å². The maximum Gasteiger partial charge on any atom is 0.136 e. The lowest BCUT2D eigenvalue weighted by molar-refractivity contribution is 0.0870. The van der Waals surface area contributed by atoms with Crippen LogP contribution in [0.4, 0.5) is 0 Å². The normalized spacial score (nSPS) is 11.1. The number of hydrogen-bond donors (Lipinski definition) is 1. The van der Waals surface area contributed by atoms with E-state index >= 15 is 0 Å². The Morgan fingerprint density at radius 2 is 2.33 bits per heavy atom. The molecule has 1 aromatic heterocycles. The van der Waals surface area contributed by atoms with Crippen LogP contribution < -0.4 is 5.48 Å². The molecule has 5 heteroatoms. The SMILES string of the molecule is CONCc1cccc2c1c(Br)nn2C. The Kier molecular flexibility index (Phi) is 3.04. The van der Waals surface area contributed by atoms with E-state index in [1.54, 1.807) is 7.11 Å². The van der Waals surface area contributed by atoms with Gasteiger partial charge in [0, 0.05) is 19.0 Å². The van der Waals surface area contributed by atoms with Crippen molar-refractivity contribution in [3.05, 3.63) is 28.4 Å². The summed E-state index contributed by atoms with van der Waals surface area (Å²) in [6.07, 6.45) is 0. The van der Waals surface area contributed by atoms with Crippen LogP contribution in [0.1, 0.15) is 5.56 Å². The summed E-state index contributed by atoms with van der Waals surface area (Å²) in [4.78, 5) is 4.85. The maximum absolute atomic E-state index is 4.85. The van der Waals surface area contributed by atoms with Crippen molar-refractivity contribution >= 4 is 26.8 Å². The summed E-state index contributed by atoms with van der Waals surface area (Å²) in [5.74, 6) is 0. The Morgan fingerprint density at radius 3 is 3.07 bits per heavy atom. The molecule has 0 saturated heterocycles. The minimum Gasteiger partial charge on any atom is -0.305 e. The Bertz CT molecular complexity index is 481. The molecule has 1 N–H and O–H groups in total. The highest BCUT2D eigenvalue weighted by Gasteiger charge is 2.09. The summed E-state index contributed by atoms with van der Waals surface area (Å²) in [5, 5.41) is 5.45. The number of halogens is 1. The van der Waals surface area contributed by atoms with E-state index in [-0.39, 0.29) is 0 Å². The molecular formula is C10H12BrN3O. The van der Waals surface area contributed by atoms with Crippen LogP contribution in [0.5, 0.6) is 0 Å². The summed E-state index contributed by atoms with van der Waals surface area (Å²) >= 11 is 3.46. The van der Waals surface area contributed by atoms with Crippen LogP contribution in [0.2, 0.25) is 0 Å². The lowest BCUT2D eigenvalue weighted by Gasteiger charge is -2.03. The monoisotopic (exact) mass is 269 g/mol. The molecule has 0 aliphatic rings. The minimum absolute atomic E-state index is 0.665. The molecule has 0 amide bonds. The number of aryl methyl sites for hydroxylation is 1. The van der Waals surface area contributed by atoms with Crippen molar-refractivity contribution in [3.63, 3.8) is 0 Å². The van der Waals surface area contributed by atoms with Crippen molar-refractivity contribution in [2.45, 2.75) is 6.54 Å². The van der Waals surface area contributed by atoms with Crippen LogP contribution in [0.15, 0.2) is 22.8 Å². The Morgan fingerprint density at radius 1 is 1.53 bits per heavy atom. The Labute approximate surface area is 96.3 Å². The third-order valence-electron chi connectivity index (χ3n) is 2.33. The predicted molar refractivity (Wildman–Crippen MR) is 62.3 cm³/mol. The number of hydrogen-bond acceptors (Lipinski definition) is 3. The van der Waals surface area contributed by atoms with Gasteiger partial charge < -0.3 is 4.84 Å². The first kappa shape index (κ1) is 10.6. The van der Waals surface area contributed by atoms with E-state index in [1.807, 2.05) is 23.9 Å². The van der Waals surface area contributed by atoms with E-state index in [0.29, 0.717) is 6.54 Å². The smallest absolute Gasteiger partial charge is 0.136 e. The second-order valence-electron chi connectivity index (χ2n) is 3.25. The molecule has 0 aliphatic carbocycles. The van der Waals surface area contributed by atoms with Crippen molar-refractivity contribution in [2.24, 2.45) is 7.05 Å². The van der Waals surface area contributed by atoms with E-state index in [2.05, 4.69) is 32.6 Å². The fraction of sp³-hybridized carbons (Fsp3) is 0.300. The molecule has 1 aromatic carbocycles. The molecule has 1 heterocycles. The molecule has 0 radical (unpaired) electrons. The van der Waals surface area contributed by atoms with Crippen molar-refractivity contribution in [2.75, 3.05) is 7.11 Å². The molecule has 2 rings (SSSR count). The molecule has 0 bridgehead atoms. The molecule has 2 aromatic rings. The van der Waals surface area contributed by atoms with Crippen molar-refractivity contribution < 1.29 is 4.84 Å². The average Bonchev–Trinajstić information content (AvgIpc) is 2.53. The van der Waals surface area contributed by atoms with Crippen LogP contribution in [0.25, 0.3) is 10.9 Å².